The minimum Gasteiger partial charge on any atom is -0.497 e. The molecule has 5 heteroatoms. The molecule has 5 nitrogen and oxygen atoms in total. The zero-order valence-corrected chi connectivity index (χ0v) is 17.1. The van der Waals surface area contributed by atoms with Crippen molar-refractivity contribution in [3.63, 3.8) is 0 Å². The molecular weight excluding hydrogens is 342 g/mol. The Morgan fingerprint density at radius 1 is 1.19 bits per heavy atom. The van der Waals surface area contributed by atoms with Crippen LogP contribution in [0.25, 0.3) is 11.0 Å². The van der Waals surface area contributed by atoms with Crippen molar-refractivity contribution in [3.8, 4) is 5.75 Å². The highest BCUT2D eigenvalue weighted by Gasteiger charge is 2.29. The zero-order chi connectivity index (χ0) is 20.0. The monoisotopic (exact) mass is 373 g/mol. The van der Waals surface area contributed by atoms with E-state index in [4.69, 9.17) is 9.15 Å². The molecule has 0 bridgehead atoms. The SMILES string of the molecule is CCCCNC(=O)CCCc1c(C(=O)C(C)(C)C)oc2ccc(OC)cc12. The first-order valence-electron chi connectivity index (χ1n) is 9.68. The lowest BCUT2D eigenvalue weighted by Gasteiger charge is -2.15. The van der Waals surface area contributed by atoms with Gasteiger partial charge in [0.2, 0.25) is 11.7 Å². The van der Waals surface area contributed by atoms with Crippen LogP contribution in [0, 0.1) is 5.41 Å². The lowest BCUT2D eigenvalue weighted by Crippen LogP contribution is -2.24. The number of carbonyl (C=O) groups excluding carboxylic acids is 2. The van der Waals surface area contributed by atoms with Gasteiger partial charge < -0.3 is 14.5 Å². The van der Waals surface area contributed by atoms with E-state index in [9.17, 15) is 9.59 Å². The molecule has 0 saturated carbocycles. The first-order chi connectivity index (χ1) is 12.8. The summed E-state index contributed by atoms with van der Waals surface area (Å²) in [5.74, 6) is 1.14. The molecule has 0 aliphatic carbocycles. The van der Waals surface area contributed by atoms with Crippen molar-refractivity contribution in [2.75, 3.05) is 13.7 Å². The number of nitrogens with one attached hydrogen (secondary N) is 1. The normalized spacial score (nSPS) is 11.6. The molecule has 1 amide bonds. The van der Waals surface area contributed by atoms with E-state index < -0.39 is 5.41 Å². The maximum atomic E-state index is 12.9. The number of hydrogen-bond donors (Lipinski definition) is 1. The Bertz CT molecular complexity index is 798. The van der Waals surface area contributed by atoms with Crippen LogP contribution >= 0.6 is 0 Å². The van der Waals surface area contributed by atoms with Crippen LogP contribution in [0.5, 0.6) is 5.75 Å². The highest BCUT2D eigenvalue weighted by molar-refractivity contribution is 6.03. The first kappa shape index (κ1) is 21.0. The van der Waals surface area contributed by atoms with Gasteiger partial charge in [0.1, 0.15) is 11.3 Å². The second kappa shape index (κ2) is 9.07. The molecule has 2 aromatic rings. The fourth-order valence-electron chi connectivity index (χ4n) is 2.95. The number of furan rings is 1. The van der Waals surface area contributed by atoms with Gasteiger partial charge in [-0.05, 0) is 37.5 Å². The van der Waals surface area contributed by atoms with E-state index in [2.05, 4.69) is 12.2 Å². The Balaban J connectivity index is 2.23. The second-order valence-corrected chi connectivity index (χ2v) is 7.91. The zero-order valence-electron chi connectivity index (χ0n) is 17.1. The van der Waals surface area contributed by atoms with Gasteiger partial charge in [0.05, 0.1) is 7.11 Å². The number of hydrogen-bond acceptors (Lipinski definition) is 4. The Morgan fingerprint density at radius 3 is 2.56 bits per heavy atom. The molecule has 2 rings (SSSR count). The van der Waals surface area contributed by atoms with Crippen LogP contribution in [-0.4, -0.2) is 25.3 Å². The van der Waals surface area contributed by atoms with Gasteiger partial charge in [0, 0.05) is 29.3 Å². The lowest BCUT2D eigenvalue weighted by atomic mass is 9.87. The molecule has 1 aromatic heterocycles. The Morgan fingerprint density at radius 2 is 1.93 bits per heavy atom. The maximum absolute atomic E-state index is 12.9. The number of carbonyl (C=O) groups is 2. The predicted octanol–water partition coefficient (Wildman–Crippen LogP) is 4.91. The quantitative estimate of drug-likeness (QED) is 0.501. The number of Topliss-reactive ketones (excluding diaryl/α,β-unsaturated/α-hetero) is 1. The lowest BCUT2D eigenvalue weighted by molar-refractivity contribution is -0.121. The summed E-state index contributed by atoms with van der Waals surface area (Å²) in [6.07, 6.45) is 3.75. The molecule has 27 heavy (non-hydrogen) atoms. The van der Waals surface area contributed by atoms with E-state index >= 15 is 0 Å². The van der Waals surface area contributed by atoms with E-state index in [1.54, 1.807) is 7.11 Å². The molecular formula is C22H31NO4. The van der Waals surface area contributed by atoms with Crippen LogP contribution in [0.15, 0.2) is 22.6 Å². The summed E-state index contributed by atoms with van der Waals surface area (Å²) < 4.78 is 11.2. The maximum Gasteiger partial charge on any atom is 0.220 e. The number of amides is 1. The van der Waals surface area contributed by atoms with Gasteiger partial charge in [0.25, 0.3) is 0 Å². The van der Waals surface area contributed by atoms with Crippen molar-refractivity contribution in [1.82, 2.24) is 5.32 Å². The summed E-state index contributed by atoms with van der Waals surface area (Å²) in [6, 6.07) is 5.55. The summed E-state index contributed by atoms with van der Waals surface area (Å²) in [4.78, 5) is 24.8. The average Bonchev–Trinajstić information content (AvgIpc) is 2.98. The third-order valence-electron chi connectivity index (χ3n) is 4.57. The number of unbranched alkanes of at least 4 members (excludes halogenated alkanes) is 1. The predicted molar refractivity (Wildman–Crippen MR) is 107 cm³/mol. The molecule has 0 atom stereocenters. The second-order valence-electron chi connectivity index (χ2n) is 7.91. The van der Waals surface area contributed by atoms with E-state index in [1.807, 2.05) is 39.0 Å². The number of rotatable bonds is 9. The van der Waals surface area contributed by atoms with Crippen LogP contribution in [0.4, 0.5) is 0 Å². The molecule has 0 aliphatic rings. The van der Waals surface area contributed by atoms with Crippen LogP contribution in [0.2, 0.25) is 0 Å². The molecule has 0 radical (unpaired) electrons. The minimum atomic E-state index is -0.537. The molecule has 0 spiro atoms. The van der Waals surface area contributed by atoms with E-state index in [0.29, 0.717) is 30.6 Å². The molecule has 1 N–H and O–H groups in total. The van der Waals surface area contributed by atoms with Crippen LogP contribution in [0.1, 0.15) is 69.5 Å². The van der Waals surface area contributed by atoms with Crippen molar-refractivity contribution in [2.45, 2.75) is 59.8 Å². The molecule has 0 unspecified atom stereocenters. The van der Waals surface area contributed by atoms with Gasteiger partial charge in [-0.1, -0.05) is 34.1 Å². The summed E-state index contributed by atoms with van der Waals surface area (Å²) >= 11 is 0. The molecule has 0 fully saturated rings. The van der Waals surface area contributed by atoms with Crippen LogP contribution in [-0.2, 0) is 11.2 Å². The number of benzene rings is 1. The van der Waals surface area contributed by atoms with Gasteiger partial charge in [0.15, 0.2) is 5.76 Å². The van der Waals surface area contributed by atoms with Crippen molar-refractivity contribution >= 4 is 22.7 Å². The van der Waals surface area contributed by atoms with E-state index in [1.165, 1.54) is 0 Å². The van der Waals surface area contributed by atoms with Crippen molar-refractivity contribution in [2.24, 2.45) is 5.41 Å². The highest BCUT2D eigenvalue weighted by atomic mass is 16.5. The molecule has 148 valence electrons. The smallest absolute Gasteiger partial charge is 0.220 e. The van der Waals surface area contributed by atoms with Gasteiger partial charge in [-0.3, -0.25) is 9.59 Å². The Labute approximate surface area is 161 Å². The molecule has 1 heterocycles. The number of methoxy groups -OCH3 is 1. The molecule has 0 aliphatic heterocycles. The van der Waals surface area contributed by atoms with E-state index in [-0.39, 0.29) is 11.7 Å². The molecule has 1 aromatic carbocycles. The minimum absolute atomic E-state index is 0.0277. The number of ketones is 1. The van der Waals surface area contributed by atoms with Crippen LogP contribution < -0.4 is 10.1 Å². The number of fused-ring (bicyclic) bond motifs is 1. The first-order valence-corrected chi connectivity index (χ1v) is 9.68. The third-order valence-corrected chi connectivity index (χ3v) is 4.57. The third kappa shape index (κ3) is 5.34. The Kier molecular flexibility index (Phi) is 7.05. The molecule has 0 saturated heterocycles. The summed E-state index contributed by atoms with van der Waals surface area (Å²) in [6.45, 7) is 8.46. The largest absolute Gasteiger partial charge is 0.497 e. The standard InChI is InChI=1S/C22H31NO4/c1-6-7-13-23-19(24)10-8-9-16-17-14-15(26-5)11-12-18(17)27-20(16)21(25)22(2,3)4/h11-12,14H,6-10,13H2,1-5H3,(H,23,24). The van der Waals surface area contributed by atoms with Crippen molar-refractivity contribution in [1.29, 1.82) is 0 Å². The number of aryl methyl sites for hydroxylation is 1. The van der Waals surface area contributed by atoms with Gasteiger partial charge in [-0.25, -0.2) is 0 Å². The van der Waals surface area contributed by atoms with Crippen molar-refractivity contribution < 1.29 is 18.7 Å². The number of ether oxygens (including phenoxy) is 1. The topological polar surface area (TPSA) is 68.5 Å². The van der Waals surface area contributed by atoms with Crippen molar-refractivity contribution in [3.05, 3.63) is 29.5 Å². The fourth-order valence-corrected chi connectivity index (χ4v) is 2.95. The Hall–Kier alpha value is -2.30. The summed E-state index contributed by atoms with van der Waals surface area (Å²) in [5, 5.41) is 3.81. The van der Waals surface area contributed by atoms with E-state index in [0.717, 1.165) is 36.1 Å². The summed E-state index contributed by atoms with van der Waals surface area (Å²) in [5.41, 5.74) is 1.00. The fraction of sp³-hybridized carbons (Fsp3) is 0.545. The summed E-state index contributed by atoms with van der Waals surface area (Å²) in [7, 11) is 1.61. The van der Waals surface area contributed by atoms with Gasteiger partial charge in [-0.15, -0.1) is 0 Å². The van der Waals surface area contributed by atoms with Gasteiger partial charge in [-0.2, -0.15) is 0 Å². The van der Waals surface area contributed by atoms with Gasteiger partial charge >= 0.3 is 0 Å². The van der Waals surface area contributed by atoms with Crippen LogP contribution in [0.3, 0.4) is 0 Å². The highest BCUT2D eigenvalue weighted by Crippen LogP contribution is 2.34. The average molecular weight is 373 g/mol.